The smallest absolute Gasteiger partial charge is 0.376 e. The van der Waals surface area contributed by atoms with Gasteiger partial charge < -0.3 is 19.7 Å². The third-order valence-electron chi connectivity index (χ3n) is 4.85. The Morgan fingerprint density at radius 2 is 0.806 bits per heavy atom. The van der Waals surface area contributed by atoms with Gasteiger partial charge in [-0.2, -0.15) is 52.7 Å². The van der Waals surface area contributed by atoms with Crippen LogP contribution in [0.25, 0.3) is 0 Å². The van der Waals surface area contributed by atoms with Gasteiger partial charge in [0.15, 0.2) is 8.32 Å². The van der Waals surface area contributed by atoms with Gasteiger partial charge in [-0.15, -0.1) is 23.2 Å². The van der Waals surface area contributed by atoms with Crippen LogP contribution in [-0.4, -0.2) is 90.9 Å². The van der Waals surface area contributed by atoms with Crippen LogP contribution in [0.3, 0.4) is 0 Å². The van der Waals surface area contributed by atoms with Crippen LogP contribution >= 0.6 is 23.2 Å². The predicted molar refractivity (Wildman–Crippen MR) is 111 cm³/mol. The molecule has 0 heterocycles. The van der Waals surface area contributed by atoms with E-state index in [0.717, 1.165) is 0 Å². The standard InChI is InChI=1S/C11H20F6O2Si.C5H6F6O2.CH2Cl2/c1-8(2,3)20(4,5)19-7-10(14,15)11(16,17)9(12,13)6-18;6-3(7,1-12)5(10,11)4(8,9)2-13;2-1-3/h18H,6-7H2,1-5H3;12-13H,1-2H2;1H2. The van der Waals surface area contributed by atoms with Gasteiger partial charge in [-0.1, -0.05) is 20.8 Å². The van der Waals surface area contributed by atoms with Crippen molar-refractivity contribution in [3.8, 4) is 0 Å². The minimum Gasteiger partial charge on any atom is -0.410 e. The van der Waals surface area contributed by atoms with Gasteiger partial charge in [0, 0.05) is 0 Å². The van der Waals surface area contributed by atoms with Crippen LogP contribution < -0.4 is 0 Å². The van der Waals surface area contributed by atoms with E-state index in [4.69, 9.17) is 42.9 Å². The molecule has 0 spiro atoms. The fourth-order valence-corrected chi connectivity index (χ4v) is 2.39. The lowest BCUT2D eigenvalue weighted by atomic mass is 10.1. The maximum absolute atomic E-state index is 13.4. The third-order valence-corrected chi connectivity index (χ3v) is 9.33. The van der Waals surface area contributed by atoms with Crippen molar-refractivity contribution in [2.24, 2.45) is 0 Å². The van der Waals surface area contributed by atoms with Gasteiger partial charge in [0.2, 0.25) is 0 Å². The summed E-state index contributed by atoms with van der Waals surface area (Å²) < 4.78 is 156. The van der Waals surface area contributed by atoms with E-state index < -0.39 is 75.3 Å². The van der Waals surface area contributed by atoms with Crippen LogP contribution in [0.1, 0.15) is 20.8 Å². The highest BCUT2D eigenvalue weighted by Crippen LogP contribution is 2.47. The maximum Gasteiger partial charge on any atom is 0.376 e. The largest absolute Gasteiger partial charge is 0.410 e. The average molecular weight is 623 g/mol. The van der Waals surface area contributed by atoms with Crippen LogP contribution in [0.4, 0.5) is 52.7 Å². The minimum absolute atomic E-state index is 0.194. The number of halogens is 14. The molecule has 0 amide bonds. The normalized spacial score (nSPS) is 14.5. The molecule has 222 valence electrons. The van der Waals surface area contributed by atoms with Crippen molar-refractivity contribution in [3.63, 3.8) is 0 Å². The molecule has 0 aliphatic carbocycles. The van der Waals surface area contributed by atoms with Gasteiger partial charge in [0.05, 0.1) is 5.34 Å². The molecule has 0 saturated heterocycles. The number of hydrogen-bond acceptors (Lipinski definition) is 4. The number of alkyl halides is 14. The van der Waals surface area contributed by atoms with E-state index in [-0.39, 0.29) is 5.34 Å². The Morgan fingerprint density at radius 1 is 0.583 bits per heavy atom. The van der Waals surface area contributed by atoms with Gasteiger partial charge in [0.25, 0.3) is 0 Å². The summed E-state index contributed by atoms with van der Waals surface area (Å²) in [4.78, 5) is 0. The number of aliphatic hydroxyl groups excluding tert-OH is 3. The lowest BCUT2D eigenvalue weighted by Gasteiger charge is -2.39. The first-order valence-corrected chi connectivity index (χ1v) is 13.4. The molecule has 0 aliphatic rings. The highest BCUT2D eigenvalue weighted by Gasteiger charge is 2.72. The summed E-state index contributed by atoms with van der Waals surface area (Å²) in [7, 11) is -2.78. The summed E-state index contributed by atoms with van der Waals surface area (Å²) in [6, 6.07) is 0. The predicted octanol–water partition coefficient (Wildman–Crippen LogP) is 6.20. The molecule has 0 aromatic carbocycles. The molecule has 3 N–H and O–H groups in total. The number of rotatable bonds is 10. The zero-order valence-corrected chi connectivity index (χ0v) is 22.1. The molecule has 0 bridgehead atoms. The van der Waals surface area contributed by atoms with E-state index in [1.54, 1.807) is 20.8 Å². The zero-order chi connectivity index (χ0) is 30.2. The molecule has 0 aromatic heterocycles. The van der Waals surface area contributed by atoms with Gasteiger partial charge in [-0.3, -0.25) is 0 Å². The van der Waals surface area contributed by atoms with E-state index in [9.17, 15) is 52.7 Å². The Labute approximate surface area is 210 Å². The van der Waals surface area contributed by atoms with Gasteiger partial charge >= 0.3 is 35.5 Å². The molecule has 0 atom stereocenters. The second kappa shape index (κ2) is 13.7. The lowest BCUT2D eigenvalue weighted by Crippen LogP contribution is -2.59. The van der Waals surface area contributed by atoms with Crippen LogP contribution in [0.2, 0.25) is 18.1 Å². The monoisotopic (exact) mass is 622 g/mol. The molecule has 36 heavy (non-hydrogen) atoms. The first-order chi connectivity index (χ1) is 15.6. The summed E-state index contributed by atoms with van der Waals surface area (Å²) >= 11 is 9.53. The Kier molecular flexibility index (Phi) is 15.4. The minimum atomic E-state index is -5.77. The van der Waals surface area contributed by atoms with E-state index in [0.29, 0.717) is 0 Å². The molecular weight excluding hydrogens is 595 g/mol. The van der Waals surface area contributed by atoms with Crippen molar-refractivity contribution in [1.82, 2.24) is 0 Å². The fourth-order valence-electron chi connectivity index (χ4n) is 1.41. The first kappa shape index (κ1) is 40.3. The second-order valence-electron chi connectivity index (χ2n) is 8.59. The molecule has 0 saturated carbocycles. The summed E-state index contributed by atoms with van der Waals surface area (Å²) in [6.45, 7) is -0.878. The van der Waals surface area contributed by atoms with Crippen molar-refractivity contribution < 1.29 is 72.4 Å². The Balaban J connectivity index is -0.000000584. The fraction of sp³-hybridized carbons (Fsp3) is 1.00. The Hall–Kier alpha value is -0.203. The zero-order valence-electron chi connectivity index (χ0n) is 19.6. The second-order valence-corrected chi connectivity index (χ2v) is 14.2. The van der Waals surface area contributed by atoms with E-state index in [1.165, 1.54) is 13.1 Å². The molecule has 4 nitrogen and oxygen atoms in total. The highest BCUT2D eigenvalue weighted by molar-refractivity contribution is 6.74. The molecule has 19 heteroatoms. The van der Waals surface area contributed by atoms with Crippen molar-refractivity contribution in [1.29, 1.82) is 0 Å². The quantitative estimate of drug-likeness (QED) is 0.154. The third kappa shape index (κ3) is 9.84. The molecule has 0 aliphatic heterocycles. The van der Waals surface area contributed by atoms with Crippen LogP contribution in [-0.2, 0) is 4.43 Å². The molecule has 0 aromatic rings. The first-order valence-electron chi connectivity index (χ1n) is 9.41. The van der Waals surface area contributed by atoms with E-state index >= 15 is 0 Å². The maximum atomic E-state index is 13.4. The molecule has 0 fully saturated rings. The van der Waals surface area contributed by atoms with Crippen LogP contribution in [0.5, 0.6) is 0 Å². The van der Waals surface area contributed by atoms with Crippen molar-refractivity contribution in [3.05, 3.63) is 0 Å². The molecule has 0 radical (unpaired) electrons. The van der Waals surface area contributed by atoms with Gasteiger partial charge in [-0.25, -0.2) is 0 Å². The molecule has 0 unspecified atom stereocenters. The summed E-state index contributed by atoms with van der Waals surface area (Å²) in [5, 5.41) is 23.3. The Bertz CT molecular complexity index is 630. The summed E-state index contributed by atoms with van der Waals surface area (Å²) in [5.74, 6) is -32.3. The van der Waals surface area contributed by atoms with Gasteiger partial charge in [-0.05, 0) is 18.1 Å². The number of hydrogen-bond donors (Lipinski definition) is 3. The number of aliphatic hydroxyl groups is 3. The van der Waals surface area contributed by atoms with Crippen molar-refractivity contribution >= 4 is 31.5 Å². The van der Waals surface area contributed by atoms with Crippen molar-refractivity contribution in [2.45, 2.75) is 74.4 Å². The van der Waals surface area contributed by atoms with Crippen LogP contribution in [0, 0.1) is 0 Å². The SMILES string of the molecule is CC(C)(C)[Si](C)(C)OCC(F)(F)C(F)(F)C(F)(F)CO.ClCCl.OCC(F)(F)C(F)(F)C(F)(F)CO. The average Bonchev–Trinajstić information content (AvgIpc) is 2.72. The van der Waals surface area contributed by atoms with Gasteiger partial charge in [0.1, 0.15) is 26.4 Å². The Morgan fingerprint density at radius 3 is 1.00 bits per heavy atom. The molecular formula is C17H28Cl2F12O4Si. The molecule has 0 rings (SSSR count). The van der Waals surface area contributed by atoms with Crippen molar-refractivity contribution in [2.75, 3.05) is 31.8 Å². The van der Waals surface area contributed by atoms with E-state index in [1.807, 2.05) is 0 Å². The van der Waals surface area contributed by atoms with E-state index in [2.05, 4.69) is 0 Å². The highest BCUT2D eigenvalue weighted by atomic mass is 35.5. The summed E-state index contributed by atoms with van der Waals surface area (Å²) in [5.41, 5.74) is 0. The topological polar surface area (TPSA) is 69.9 Å². The summed E-state index contributed by atoms with van der Waals surface area (Å²) in [6.07, 6.45) is 0. The van der Waals surface area contributed by atoms with Crippen LogP contribution in [0.15, 0.2) is 0 Å². The lowest BCUT2D eigenvalue weighted by molar-refractivity contribution is -0.323.